The topological polar surface area (TPSA) is 49.9 Å². The number of pyridine rings is 1. The fourth-order valence-electron chi connectivity index (χ4n) is 2.08. The smallest absolute Gasteiger partial charge is 0.130 e. The van der Waals surface area contributed by atoms with Crippen molar-refractivity contribution in [2.24, 2.45) is 0 Å². The van der Waals surface area contributed by atoms with Crippen molar-refractivity contribution in [3.05, 3.63) is 54.4 Å². The van der Waals surface area contributed by atoms with E-state index in [9.17, 15) is 0 Å². The average Bonchev–Trinajstić information content (AvgIpc) is 2.94. The Morgan fingerprint density at radius 1 is 1.20 bits per heavy atom. The highest BCUT2D eigenvalue weighted by Crippen LogP contribution is 2.20. The Morgan fingerprint density at radius 2 is 2.15 bits per heavy atom. The van der Waals surface area contributed by atoms with Crippen LogP contribution in [0, 0.1) is 0 Å². The zero-order chi connectivity index (χ0) is 13.8. The van der Waals surface area contributed by atoms with Crippen molar-refractivity contribution in [3.63, 3.8) is 0 Å². The molecule has 3 rings (SSSR count). The summed E-state index contributed by atoms with van der Waals surface area (Å²) in [4.78, 5) is 7.59. The second-order valence-electron chi connectivity index (χ2n) is 4.59. The van der Waals surface area contributed by atoms with Crippen LogP contribution in [0.4, 0.5) is 11.5 Å². The number of fused-ring (bicyclic) bond motifs is 1. The van der Waals surface area contributed by atoms with Gasteiger partial charge in [0.25, 0.3) is 0 Å². The van der Waals surface area contributed by atoms with Crippen LogP contribution in [0.3, 0.4) is 0 Å². The van der Waals surface area contributed by atoms with Gasteiger partial charge >= 0.3 is 0 Å². The first-order valence-corrected chi connectivity index (χ1v) is 6.72. The van der Waals surface area contributed by atoms with E-state index in [-0.39, 0.29) is 0 Å². The number of benzene rings is 1. The van der Waals surface area contributed by atoms with Gasteiger partial charge in [-0.15, -0.1) is 0 Å². The van der Waals surface area contributed by atoms with Crippen LogP contribution in [-0.2, 0) is 11.3 Å². The third-order valence-corrected chi connectivity index (χ3v) is 3.13. The third-order valence-electron chi connectivity index (χ3n) is 3.13. The second kappa shape index (κ2) is 5.75. The Kier molecular flexibility index (Phi) is 3.65. The summed E-state index contributed by atoms with van der Waals surface area (Å²) in [5.74, 6) is 0.830. The molecule has 0 radical (unpaired) electrons. The van der Waals surface area contributed by atoms with Gasteiger partial charge in [-0.3, -0.25) is 0 Å². The van der Waals surface area contributed by atoms with Crippen LogP contribution in [0.1, 0.15) is 12.5 Å². The van der Waals surface area contributed by atoms with Gasteiger partial charge < -0.3 is 15.0 Å². The molecule has 102 valence electrons. The largest absolute Gasteiger partial charge is 0.377 e. The van der Waals surface area contributed by atoms with Crippen molar-refractivity contribution >= 4 is 22.4 Å². The van der Waals surface area contributed by atoms with Crippen LogP contribution in [0.5, 0.6) is 0 Å². The fraction of sp³-hybridized carbons (Fsp3) is 0.188. The Hall–Kier alpha value is -2.33. The first-order valence-electron chi connectivity index (χ1n) is 6.72. The molecule has 0 aliphatic carbocycles. The van der Waals surface area contributed by atoms with E-state index in [0.29, 0.717) is 6.61 Å². The summed E-state index contributed by atoms with van der Waals surface area (Å²) in [6, 6.07) is 12.3. The van der Waals surface area contributed by atoms with E-state index in [1.807, 2.05) is 37.5 Å². The van der Waals surface area contributed by atoms with Crippen LogP contribution in [-0.4, -0.2) is 16.6 Å². The lowest BCUT2D eigenvalue weighted by Gasteiger charge is -2.07. The molecule has 1 aromatic carbocycles. The van der Waals surface area contributed by atoms with Gasteiger partial charge in [0.2, 0.25) is 0 Å². The number of rotatable bonds is 5. The van der Waals surface area contributed by atoms with E-state index >= 15 is 0 Å². The van der Waals surface area contributed by atoms with Gasteiger partial charge in [-0.2, -0.15) is 0 Å². The van der Waals surface area contributed by atoms with Crippen LogP contribution >= 0.6 is 0 Å². The van der Waals surface area contributed by atoms with E-state index in [0.717, 1.165) is 29.2 Å². The van der Waals surface area contributed by atoms with Crippen LogP contribution < -0.4 is 5.32 Å². The molecule has 0 atom stereocenters. The van der Waals surface area contributed by atoms with E-state index in [4.69, 9.17) is 4.74 Å². The molecule has 4 nitrogen and oxygen atoms in total. The van der Waals surface area contributed by atoms with Crippen LogP contribution in [0.15, 0.2) is 48.8 Å². The van der Waals surface area contributed by atoms with Gasteiger partial charge in [-0.05, 0) is 42.1 Å². The van der Waals surface area contributed by atoms with Gasteiger partial charge in [0.15, 0.2) is 0 Å². The van der Waals surface area contributed by atoms with Crippen molar-refractivity contribution in [3.8, 4) is 0 Å². The number of anilines is 2. The molecule has 0 bridgehead atoms. The Bertz CT molecular complexity index is 688. The molecule has 0 amide bonds. The van der Waals surface area contributed by atoms with Gasteiger partial charge in [0.1, 0.15) is 5.82 Å². The van der Waals surface area contributed by atoms with Crippen molar-refractivity contribution < 1.29 is 4.74 Å². The Morgan fingerprint density at radius 3 is 2.95 bits per heavy atom. The monoisotopic (exact) mass is 267 g/mol. The summed E-state index contributed by atoms with van der Waals surface area (Å²) in [7, 11) is 0. The number of nitrogens with one attached hydrogen (secondary N) is 2. The Labute approximate surface area is 117 Å². The molecule has 3 aromatic rings. The van der Waals surface area contributed by atoms with E-state index < -0.39 is 0 Å². The van der Waals surface area contributed by atoms with Crippen molar-refractivity contribution in [1.82, 2.24) is 9.97 Å². The molecular weight excluding hydrogens is 250 g/mol. The number of hydrogen-bond acceptors (Lipinski definition) is 3. The number of nitrogens with zero attached hydrogens (tertiary/aromatic N) is 1. The summed E-state index contributed by atoms with van der Waals surface area (Å²) in [5, 5.41) is 4.50. The number of hydrogen-bond donors (Lipinski definition) is 2. The minimum atomic E-state index is 0.609. The number of H-pyrrole nitrogens is 1. The lowest BCUT2D eigenvalue weighted by molar-refractivity contribution is 0.134. The predicted octanol–water partition coefficient (Wildman–Crippen LogP) is 3.84. The van der Waals surface area contributed by atoms with Crippen molar-refractivity contribution in [2.45, 2.75) is 13.5 Å². The van der Waals surface area contributed by atoms with Gasteiger partial charge in [0, 0.05) is 30.2 Å². The Balaban J connectivity index is 1.73. The lowest BCUT2D eigenvalue weighted by atomic mass is 10.2. The minimum absolute atomic E-state index is 0.609. The fourth-order valence-corrected chi connectivity index (χ4v) is 2.08. The van der Waals surface area contributed by atoms with Crippen molar-refractivity contribution in [1.29, 1.82) is 0 Å². The highest BCUT2D eigenvalue weighted by atomic mass is 16.5. The highest BCUT2D eigenvalue weighted by Gasteiger charge is 2.00. The quantitative estimate of drug-likeness (QED) is 0.738. The van der Waals surface area contributed by atoms with Crippen LogP contribution in [0.2, 0.25) is 0 Å². The maximum absolute atomic E-state index is 5.35. The molecule has 2 N–H and O–H groups in total. The van der Waals surface area contributed by atoms with E-state index in [1.54, 1.807) is 0 Å². The normalized spacial score (nSPS) is 10.8. The number of ether oxygens (including phenoxy) is 1. The molecule has 0 saturated heterocycles. The first kappa shape index (κ1) is 12.7. The summed E-state index contributed by atoms with van der Waals surface area (Å²) >= 11 is 0. The minimum Gasteiger partial charge on any atom is -0.377 e. The summed E-state index contributed by atoms with van der Waals surface area (Å²) in [6.07, 6.45) is 3.78. The molecule has 2 aromatic heterocycles. The molecular formula is C16H17N3O. The lowest BCUT2D eigenvalue weighted by Crippen LogP contribution is -1.96. The summed E-state index contributed by atoms with van der Waals surface area (Å²) in [6.45, 7) is 3.31. The van der Waals surface area contributed by atoms with E-state index in [1.165, 1.54) is 5.39 Å². The average molecular weight is 267 g/mol. The molecule has 0 saturated carbocycles. The predicted molar refractivity (Wildman–Crippen MR) is 81.1 cm³/mol. The standard InChI is InChI=1S/C16H17N3O/c1-2-20-11-12-3-6-16(18-10-12)19-14-5-4-13-7-8-17-15(13)9-14/h3-10,17H,2,11H2,1H3,(H,18,19). The van der Waals surface area contributed by atoms with E-state index in [2.05, 4.69) is 33.5 Å². The summed E-state index contributed by atoms with van der Waals surface area (Å²) in [5.41, 5.74) is 3.21. The molecule has 0 aliphatic rings. The first-order chi connectivity index (χ1) is 9.85. The molecule has 0 fully saturated rings. The third kappa shape index (κ3) is 2.81. The highest BCUT2D eigenvalue weighted by molar-refractivity contribution is 5.83. The molecule has 2 heterocycles. The van der Waals surface area contributed by atoms with Gasteiger partial charge in [-0.25, -0.2) is 4.98 Å². The number of aromatic nitrogens is 2. The van der Waals surface area contributed by atoms with Gasteiger partial charge in [-0.1, -0.05) is 12.1 Å². The summed E-state index contributed by atoms with van der Waals surface area (Å²) < 4.78 is 5.35. The maximum atomic E-state index is 5.35. The second-order valence-corrected chi connectivity index (χ2v) is 4.59. The van der Waals surface area contributed by atoms with Gasteiger partial charge in [0.05, 0.1) is 6.61 Å². The van der Waals surface area contributed by atoms with Crippen LogP contribution in [0.25, 0.3) is 10.9 Å². The van der Waals surface area contributed by atoms with Crippen molar-refractivity contribution in [2.75, 3.05) is 11.9 Å². The molecule has 20 heavy (non-hydrogen) atoms. The zero-order valence-corrected chi connectivity index (χ0v) is 11.4. The SMILES string of the molecule is CCOCc1ccc(Nc2ccc3cc[nH]c3c2)nc1. The maximum Gasteiger partial charge on any atom is 0.130 e. The number of aromatic amines is 1. The molecule has 0 aliphatic heterocycles. The molecule has 4 heteroatoms. The molecule has 0 spiro atoms. The molecule has 0 unspecified atom stereocenters. The zero-order valence-electron chi connectivity index (χ0n) is 11.4.